The van der Waals surface area contributed by atoms with Crippen LogP contribution < -0.4 is 5.32 Å². The largest absolute Gasteiger partial charge is 0.508 e. The summed E-state index contributed by atoms with van der Waals surface area (Å²) in [6, 6.07) is 8.61. The van der Waals surface area contributed by atoms with Crippen molar-refractivity contribution in [3.05, 3.63) is 29.8 Å². The molecule has 3 nitrogen and oxygen atoms in total. The van der Waals surface area contributed by atoms with Crippen LogP contribution in [0.15, 0.2) is 24.3 Å². The number of hydrogen-bond acceptors (Lipinski definition) is 3. The molecule has 0 amide bonds. The fourth-order valence-corrected chi connectivity index (χ4v) is 2.93. The van der Waals surface area contributed by atoms with Crippen molar-refractivity contribution in [3.63, 3.8) is 0 Å². The van der Waals surface area contributed by atoms with Crippen LogP contribution in [0, 0.1) is 5.92 Å². The molecule has 0 saturated carbocycles. The number of phenols is 1. The average molecular weight is 277 g/mol. The Morgan fingerprint density at radius 3 is 2.50 bits per heavy atom. The summed E-state index contributed by atoms with van der Waals surface area (Å²) in [4.78, 5) is 0. The summed E-state index contributed by atoms with van der Waals surface area (Å²) in [6.07, 6.45) is 4.53. The number of phenolic OH excluding ortho intramolecular Hbond substituents is 1. The summed E-state index contributed by atoms with van der Waals surface area (Å²) in [7, 11) is 0. The van der Waals surface area contributed by atoms with Crippen LogP contribution in [-0.4, -0.2) is 30.4 Å². The standard InChI is InChI=1S/C17H27NO2/c1-13(3-4-15-5-7-17(19)8-6-15)18-14(2)16-9-11-20-12-10-16/h5-8,13-14,16,18-19H,3-4,9-12H2,1-2H3. The summed E-state index contributed by atoms with van der Waals surface area (Å²) >= 11 is 0. The molecule has 2 atom stereocenters. The van der Waals surface area contributed by atoms with Gasteiger partial charge >= 0.3 is 0 Å². The molecular formula is C17H27NO2. The van der Waals surface area contributed by atoms with E-state index in [0.717, 1.165) is 32.0 Å². The van der Waals surface area contributed by atoms with Crippen molar-refractivity contribution >= 4 is 0 Å². The molecular weight excluding hydrogens is 250 g/mol. The average Bonchev–Trinajstić information content (AvgIpc) is 2.47. The van der Waals surface area contributed by atoms with Crippen LogP contribution in [0.3, 0.4) is 0 Å². The van der Waals surface area contributed by atoms with E-state index in [1.807, 2.05) is 12.1 Å². The first-order chi connectivity index (χ1) is 9.65. The predicted molar refractivity (Wildman–Crippen MR) is 82.0 cm³/mol. The molecule has 0 aliphatic carbocycles. The highest BCUT2D eigenvalue weighted by Gasteiger charge is 2.21. The maximum Gasteiger partial charge on any atom is 0.115 e. The van der Waals surface area contributed by atoms with Gasteiger partial charge in [0.2, 0.25) is 0 Å². The molecule has 112 valence electrons. The monoisotopic (exact) mass is 277 g/mol. The number of aromatic hydroxyl groups is 1. The van der Waals surface area contributed by atoms with Gasteiger partial charge in [-0.3, -0.25) is 0 Å². The molecule has 1 aliphatic heterocycles. The minimum Gasteiger partial charge on any atom is -0.508 e. The lowest BCUT2D eigenvalue weighted by molar-refractivity contribution is 0.0545. The number of benzene rings is 1. The lowest BCUT2D eigenvalue weighted by Crippen LogP contribution is -2.41. The molecule has 1 aromatic carbocycles. The first kappa shape index (κ1) is 15.3. The van der Waals surface area contributed by atoms with E-state index in [-0.39, 0.29) is 0 Å². The van der Waals surface area contributed by atoms with Gasteiger partial charge in [-0.05, 0) is 63.1 Å². The van der Waals surface area contributed by atoms with Crippen LogP contribution in [0.25, 0.3) is 0 Å². The summed E-state index contributed by atoms with van der Waals surface area (Å²) in [5, 5.41) is 13.0. The Kier molecular flexibility index (Phi) is 5.86. The first-order valence-electron chi connectivity index (χ1n) is 7.77. The van der Waals surface area contributed by atoms with Crippen LogP contribution >= 0.6 is 0 Å². The van der Waals surface area contributed by atoms with Crippen molar-refractivity contribution < 1.29 is 9.84 Å². The summed E-state index contributed by atoms with van der Waals surface area (Å²) < 4.78 is 5.42. The zero-order chi connectivity index (χ0) is 14.4. The Balaban J connectivity index is 1.71. The summed E-state index contributed by atoms with van der Waals surface area (Å²) in [5.74, 6) is 1.09. The number of nitrogens with one attached hydrogen (secondary N) is 1. The van der Waals surface area contributed by atoms with Crippen molar-refractivity contribution in [2.45, 2.75) is 51.6 Å². The molecule has 0 radical (unpaired) electrons. The SMILES string of the molecule is CC(CCc1ccc(O)cc1)NC(C)C1CCOCC1. The molecule has 1 heterocycles. The van der Waals surface area contributed by atoms with Gasteiger partial charge in [-0.2, -0.15) is 0 Å². The molecule has 0 spiro atoms. The van der Waals surface area contributed by atoms with Crippen LogP contribution in [0.2, 0.25) is 0 Å². The van der Waals surface area contributed by atoms with Gasteiger partial charge in [-0.1, -0.05) is 12.1 Å². The second-order valence-electron chi connectivity index (χ2n) is 6.01. The number of ether oxygens (including phenoxy) is 1. The van der Waals surface area contributed by atoms with E-state index in [4.69, 9.17) is 4.74 Å². The van der Waals surface area contributed by atoms with Crippen LogP contribution in [0.1, 0.15) is 38.7 Å². The van der Waals surface area contributed by atoms with Crippen molar-refractivity contribution in [2.75, 3.05) is 13.2 Å². The number of hydrogen-bond donors (Lipinski definition) is 2. The van der Waals surface area contributed by atoms with Gasteiger partial charge in [0.25, 0.3) is 0 Å². The Bertz CT molecular complexity index is 384. The predicted octanol–water partition coefficient (Wildman–Crippen LogP) is 3.12. The van der Waals surface area contributed by atoms with E-state index < -0.39 is 0 Å². The third-order valence-electron chi connectivity index (χ3n) is 4.32. The Morgan fingerprint density at radius 1 is 1.20 bits per heavy atom. The lowest BCUT2D eigenvalue weighted by atomic mass is 9.92. The quantitative estimate of drug-likeness (QED) is 0.839. The van der Waals surface area contributed by atoms with Gasteiger partial charge in [0.15, 0.2) is 0 Å². The van der Waals surface area contributed by atoms with Gasteiger partial charge in [-0.15, -0.1) is 0 Å². The van der Waals surface area contributed by atoms with Gasteiger partial charge in [0.05, 0.1) is 0 Å². The molecule has 20 heavy (non-hydrogen) atoms. The molecule has 2 rings (SSSR count). The smallest absolute Gasteiger partial charge is 0.115 e. The highest BCUT2D eigenvalue weighted by atomic mass is 16.5. The van der Waals surface area contributed by atoms with E-state index in [9.17, 15) is 5.11 Å². The molecule has 1 fully saturated rings. The van der Waals surface area contributed by atoms with Crippen molar-refractivity contribution in [3.8, 4) is 5.75 Å². The summed E-state index contributed by atoms with van der Waals surface area (Å²) in [6.45, 7) is 6.39. The van der Waals surface area contributed by atoms with E-state index in [2.05, 4.69) is 19.2 Å². The number of rotatable bonds is 6. The maximum atomic E-state index is 9.27. The van der Waals surface area contributed by atoms with Crippen LogP contribution in [-0.2, 0) is 11.2 Å². The molecule has 2 unspecified atom stereocenters. The summed E-state index contributed by atoms with van der Waals surface area (Å²) in [5.41, 5.74) is 1.29. The van der Waals surface area contributed by atoms with Crippen LogP contribution in [0.4, 0.5) is 0 Å². The minimum absolute atomic E-state index is 0.341. The second-order valence-corrected chi connectivity index (χ2v) is 6.01. The van der Waals surface area contributed by atoms with E-state index in [1.165, 1.54) is 18.4 Å². The Labute approximate surface area is 122 Å². The van der Waals surface area contributed by atoms with Gasteiger partial charge in [-0.25, -0.2) is 0 Å². The molecule has 1 aliphatic rings. The van der Waals surface area contributed by atoms with Crippen molar-refractivity contribution in [1.82, 2.24) is 5.32 Å². The molecule has 1 saturated heterocycles. The van der Waals surface area contributed by atoms with E-state index in [0.29, 0.717) is 17.8 Å². The molecule has 3 heteroatoms. The third kappa shape index (κ3) is 4.80. The molecule has 1 aromatic rings. The van der Waals surface area contributed by atoms with E-state index in [1.54, 1.807) is 12.1 Å². The van der Waals surface area contributed by atoms with Gasteiger partial charge in [0.1, 0.15) is 5.75 Å². The first-order valence-corrected chi connectivity index (χ1v) is 7.77. The fraction of sp³-hybridized carbons (Fsp3) is 0.647. The Hall–Kier alpha value is -1.06. The third-order valence-corrected chi connectivity index (χ3v) is 4.32. The molecule has 0 bridgehead atoms. The highest BCUT2D eigenvalue weighted by molar-refractivity contribution is 5.25. The number of aryl methyl sites for hydroxylation is 1. The minimum atomic E-state index is 0.341. The van der Waals surface area contributed by atoms with Crippen molar-refractivity contribution in [1.29, 1.82) is 0 Å². The van der Waals surface area contributed by atoms with Crippen LogP contribution in [0.5, 0.6) is 5.75 Å². The maximum absolute atomic E-state index is 9.27. The van der Waals surface area contributed by atoms with Gasteiger partial charge in [0, 0.05) is 25.3 Å². The highest BCUT2D eigenvalue weighted by Crippen LogP contribution is 2.19. The normalized spacial score (nSPS) is 19.7. The fourth-order valence-electron chi connectivity index (χ4n) is 2.93. The van der Waals surface area contributed by atoms with Gasteiger partial charge < -0.3 is 15.2 Å². The van der Waals surface area contributed by atoms with E-state index >= 15 is 0 Å². The Morgan fingerprint density at radius 2 is 1.85 bits per heavy atom. The second kappa shape index (κ2) is 7.65. The topological polar surface area (TPSA) is 41.5 Å². The zero-order valence-corrected chi connectivity index (χ0v) is 12.6. The molecule has 0 aromatic heterocycles. The molecule has 2 N–H and O–H groups in total. The van der Waals surface area contributed by atoms with Crippen molar-refractivity contribution in [2.24, 2.45) is 5.92 Å². The lowest BCUT2D eigenvalue weighted by Gasteiger charge is -2.30. The zero-order valence-electron chi connectivity index (χ0n) is 12.6.